The Morgan fingerprint density at radius 3 is 2.52 bits per heavy atom. The highest BCUT2D eigenvalue weighted by Crippen LogP contribution is 2.16. The molecule has 0 spiro atoms. The van der Waals surface area contributed by atoms with Gasteiger partial charge < -0.3 is 10.1 Å². The molecular formula is C19H19ClFNO3. The lowest BCUT2D eigenvalue weighted by molar-refractivity contribution is -0.148. The van der Waals surface area contributed by atoms with Gasteiger partial charge in [0, 0.05) is 0 Å². The van der Waals surface area contributed by atoms with Gasteiger partial charge in [0.05, 0.1) is 10.6 Å². The summed E-state index contributed by atoms with van der Waals surface area (Å²) < 4.78 is 18.4. The molecule has 1 amide bonds. The van der Waals surface area contributed by atoms with E-state index in [-0.39, 0.29) is 18.1 Å². The summed E-state index contributed by atoms with van der Waals surface area (Å²) in [5.41, 5.74) is 0.820. The summed E-state index contributed by atoms with van der Waals surface area (Å²) in [5.74, 6) is -1.63. The highest BCUT2D eigenvalue weighted by atomic mass is 35.5. The van der Waals surface area contributed by atoms with Gasteiger partial charge in [-0.3, -0.25) is 4.79 Å². The largest absolute Gasteiger partial charge is 0.459 e. The number of halogens is 2. The summed E-state index contributed by atoms with van der Waals surface area (Å²) in [7, 11) is 0. The van der Waals surface area contributed by atoms with E-state index >= 15 is 0 Å². The van der Waals surface area contributed by atoms with Gasteiger partial charge in [-0.25, -0.2) is 9.18 Å². The predicted molar refractivity (Wildman–Crippen MR) is 93.7 cm³/mol. The van der Waals surface area contributed by atoms with Crippen LogP contribution in [0.1, 0.15) is 29.8 Å². The number of esters is 1. The molecule has 6 heteroatoms. The van der Waals surface area contributed by atoms with Gasteiger partial charge in [0.25, 0.3) is 5.91 Å². The third kappa shape index (κ3) is 5.29. The second kappa shape index (κ2) is 8.62. The first-order chi connectivity index (χ1) is 11.9. The molecule has 0 unspecified atom stereocenters. The van der Waals surface area contributed by atoms with E-state index in [1.165, 1.54) is 18.2 Å². The number of amides is 1. The molecule has 2 rings (SSSR count). The monoisotopic (exact) mass is 363 g/mol. The van der Waals surface area contributed by atoms with Crippen molar-refractivity contribution in [3.63, 3.8) is 0 Å². The van der Waals surface area contributed by atoms with Crippen LogP contribution < -0.4 is 5.32 Å². The molecule has 4 nitrogen and oxygen atoms in total. The molecule has 0 aliphatic carbocycles. The zero-order valence-electron chi connectivity index (χ0n) is 14.0. The van der Waals surface area contributed by atoms with E-state index in [0.29, 0.717) is 10.6 Å². The van der Waals surface area contributed by atoms with Gasteiger partial charge in [0.1, 0.15) is 18.5 Å². The maximum atomic E-state index is 13.2. The van der Waals surface area contributed by atoms with Crippen LogP contribution >= 0.6 is 11.6 Å². The fourth-order valence-corrected chi connectivity index (χ4v) is 2.45. The molecule has 0 fully saturated rings. The van der Waals surface area contributed by atoms with Crippen molar-refractivity contribution in [2.24, 2.45) is 5.92 Å². The van der Waals surface area contributed by atoms with Gasteiger partial charge in [-0.1, -0.05) is 49.7 Å². The average molecular weight is 364 g/mol. The smallest absolute Gasteiger partial charge is 0.329 e. The molecule has 1 atom stereocenters. The Morgan fingerprint density at radius 2 is 1.88 bits per heavy atom. The van der Waals surface area contributed by atoms with Gasteiger partial charge >= 0.3 is 5.97 Å². The maximum absolute atomic E-state index is 13.2. The summed E-state index contributed by atoms with van der Waals surface area (Å²) in [6.07, 6.45) is 0. The maximum Gasteiger partial charge on any atom is 0.329 e. The molecule has 1 N–H and O–H groups in total. The quantitative estimate of drug-likeness (QED) is 0.790. The molecule has 0 radical (unpaired) electrons. The zero-order chi connectivity index (χ0) is 18.4. The molecule has 132 valence electrons. The van der Waals surface area contributed by atoms with Gasteiger partial charge in [0.15, 0.2) is 0 Å². The van der Waals surface area contributed by atoms with Gasteiger partial charge in [0.2, 0.25) is 0 Å². The van der Waals surface area contributed by atoms with E-state index in [4.69, 9.17) is 16.3 Å². The Hall–Kier alpha value is -2.40. The van der Waals surface area contributed by atoms with E-state index in [0.717, 1.165) is 0 Å². The Bertz CT molecular complexity index is 764. The van der Waals surface area contributed by atoms with E-state index in [1.54, 1.807) is 44.2 Å². The number of rotatable bonds is 6. The van der Waals surface area contributed by atoms with E-state index < -0.39 is 23.7 Å². The van der Waals surface area contributed by atoms with E-state index in [2.05, 4.69) is 5.32 Å². The fourth-order valence-electron chi connectivity index (χ4n) is 2.23. The van der Waals surface area contributed by atoms with Crippen molar-refractivity contribution < 1.29 is 18.7 Å². The van der Waals surface area contributed by atoms with Crippen molar-refractivity contribution in [2.75, 3.05) is 0 Å². The number of hydrogen-bond acceptors (Lipinski definition) is 3. The van der Waals surface area contributed by atoms with E-state index in [1.807, 2.05) is 0 Å². The molecule has 2 aromatic rings. The third-order valence-electron chi connectivity index (χ3n) is 3.60. The minimum atomic E-state index is -0.836. The Morgan fingerprint density at radius 1 is 1.16 bits per heavy atom. The van der Waals surface area contributed by atoms with Crippen molar-refractivity contribution in [3.05, 3.63) is 70.5 Å². The lowest BCUT2D eigenvalue weighted by Gasteiger charge is -2.21. The molecule has 2 aromatic carbocycles. The van der Waals surface area contributed by atoms with Gasteiger partial charge in [-0.05, 0) is 35.7 Å². The first kappa shape index (κ1) is 18.9. The van der Waals surface area contributed by atoms with Crippen LogP contribution in [-0.2, 0) is 16.1 Å². The lowest BCUT2D eigenvalue weighted by atomic mass is 10.0. The standard InChI is InChI=1S/C19H19ClFNO3/c1-12(2)17(22-18(23)15-8-3-4-9-16(15)20)19(24)25-11-13-6-5-7-14(21)10-13/h3-10,12,17H,11H2,1-2H3,(H,22,23)/t17-/m0/s1. The van der Waals surface area contributed by atoms with Crippen LogP contribution in [0.2, 0.25) is 5.02 Å². The molecule has 0 bridgehead atoms. The number of hydrogen-bond donors (Lipinski definition) is 1. The van der Waals surface area contributed by atoms with Crippen molar-refractivity contribution in [1.29, 1.82) is 0 Å². The summed E-state index contributed by atoms with van der Waals surface area (Å²) in [6.45, 7) is 3.52. The van der Waals surface area contributed by atoms with Gasteiger partial charge in [-0.2, -0.15) is 0 Å². The minimum Gasteiger partial charge on any atom is -0.459 e. The number of benzene rings is 2. The topological polar surface area (TPSA) is 55.4 Å². The van der Waals surface area contributed by atoms with Crippen LogP contribution in [0.4, 0.5) is 4.39 Å². The first-order valence-electron chi connectivity index (χ1n) is 7.85. The summed E-state index contributed by atoms with van der Waals surface area (Å²) in [4.78, 5) is 24.7. The van der Waals surface area contributed by atoms with Crippen LogP contribution in [0.15, 0.2) is 48.5 Å². The van der Waals surface area contributed by atoms with Crippen molar-refractivity contribution in [1.82, 2.24) is 5.32 Å². The Kier molecular flexibility index (Phi) is 6.53. The second-order valence-corrected chi connectivity index (χ2v) is 6.32. The highest BCUT2D eigenvalue weighted by Gasteiger charge is 2.26. The van der Waals surface area contributed by atoms with Crippen LogP contribution in [0, 0.1) is 11.7 Å². The lowest BCUT2D eigenvalue weighted by Crippen LogP contribution is -2.45. The minimum absolute atomic E-state index is 0.0677. The van der Waals surface area contributed by atoms with Crippen molar-refractivity contribution in [2.45, 2.75) is 26.5 Å². The molecule has 25 heavy (non-hydrogen) atoms. The molecule has 0 heterocycles. The van der Waals surface area contributed by atoms with Crippen molar-refractivity contribution in [3.8, 4) is 0 Å². The average Bonchev–Trinajstić information content (AvgIpc) is 2.57. The van der Waals surface area contributed by atoms with Gasteiger partial charge in [-0.15, -0.1) is 0 Å². The molecule has 0 aromatic heterocycles. The van der Waals surface area contributed by atoms with Crippen LogP contribution in [-0.4, -0.2) is 17.9 Å². The number of carbonyl (C=O) groups is 2. The molecule has 0 aliphatic heterocycles. The van der Waals surface area contributed by atoms with E-state index in [9.17, 15) is 14.0 Å². The second-order valence-electron chi connectivity index (χ2n) is 5.91. The van der Waals surface area contributed by atoms with Crippen LogP contribution in [0.3, 0.4) is 0 Å². The van der Waals surface area contributed by atoms with Crippen LogP contribution in [0.25, 0.3) is 0 Å². The zero-order valence-corrected chi connectivity index (χ0v) is 14.7. The number of carbonyl (C=O) groups excluding carboxylic acids is 2. The first-order valence-corrected chi connectivity index (χ1v) is 8.22. The molecule has 0 aliphatic rings. The molecule has 0 saturated carbocycles. The SMILES string of the molecule is CC(C)[C@H](NC(=O)c1ccccc1Cl)C(=O)OCc1cccc(F)c1. The summed E-state index contributed by atoms with van der Waals surface area (Å²) in [6, 6.07) is 11.5. The Labute approximate surface area is 150 Å². The highest BCUT2D eigenvalue weighted by molar-refractivity contribution is 6.33. The van der Waals surface area contributed by atoms with Crippen molar-refractivity contribution >= 4 is 23.5 Å². The summed E-state index contributed by atoms with van der Waals surface area (Å²) >= 11 is 6.01. The molecular weight excluding hydrogens is 345 g/mol. The summed E-state index contributed by atoms with van der Waals surface area (Å²) in [5, 5.41) is 2.95. The van der Waals surface area contributed by atoms with Crippen LogP contribution in [0.5, 0.6) is 0 Å². The third-order valence-corrected chi connectivity index (χ3v) is 3.93. The normalized spacial score (nSPS) is 11.9. The predicted octanol–water partition coefficient (Wildman–Crippen LogP) is 3.98. The Balaban J connectivity index is 2.03. The molecule has 0 saturated heterocycles. The number of nitrogens with one attached hydrogen (secondary N) is 1. The number of ether oxygens (including phenoxy) is 1. The fraction of sp³-hybridized carbons (Fsp3) is 0.263.